The quantitative estimate of drug-likeness (QED) is 0.767. The first-order valence-corrected chi connectivity index (χ1v) is 7.07. The average molecular weight is 249 g/mol. The largest absolute Gasteiger partial charge is 0.342 e. The van der Waals surface area contributed by atoms with E-state index in [0.29, 0.717) is 0 Å². The van der Waals surface area contributed by atoms with Crippen LogP contribution in [-0.2, 0) is 4.79 Å². The summed E-state index contributed by atoms with van der Waals surface area (Å²) >= 11 is 1.66. The van der Waals surface area contributed by atoms with Gasteiger partial charge in [-0.05, 0) is 38.8 Å². The molecule has 0 aromatic heterocycles. The van der Waals surface area contributed by atoms with Gasteiger partial charge in [0.05, 0.1) is 5.25 Å². The van der Waals surface area contributed by atoms with Crippen molar-refractivity contribution in [1.82, 2.24) is 4.90 Å². The predicted molar refractivity (Wildman–Crippen MR) is 72.3 cm³/mol. The Morgan fingerprint density at radius 2 is 1.82 bits per heavy atom. The molecule has 1 aromatic rings. The van der Waals surface area contributed by atoms with Crippen molar-refractivity contribution < 1.29 is 4.79 Å². The highest BCUT2D eigenvalue weighted by Gasteiger charge is 2.23. The molecule has 0 bridgehead atoms. The predicted octanol–water partition coefficient (Wildman–Crippen LogP) is 3.10. The third-order valence-electron chi connectivity index (χ3n) is 3.10. The van der Waals surface area contributed by atoms with Gasteiger partial charge in [0.15, 0.2) is 0 Å². The lowest BCUT2D eigenvalue weighted by Crippen LogP contribution is -2.33. The minimum atomic E-state index is 0.0239. The molecule has 1 saturated heterocycles. The fraction of sp³-hybridized carbons (Fsp3) is 0.500. The number of rotatable bonds is 3. The monoisotopic (exact) mass is 249 g/mol. The average Bonchev–Trinajstić information content (AvgIpc) is 2.84. The molecule has 0 spiro atoms. The van der Waals surface area contributed by atoms with E-state index in [2.05, 4.69) is 31.2 Å². The summed E-state index contributed by atoms with van der Waals surface area (Å²) in [5.74, 6) is 0.285. The maximum Gasteiger partial charge on any atom is 0.235 e. The molecule has 2 rings (SSSR count). The zero-order chi connectivity index (χ0) is 12.3. The van der Waals surface area contributed by atoms with Crippen molar-refractivity contribution in [2.45, 2.75) is 36.8 Å². The van der Waals surface area contributed by atoms with Gasteiger partial charge < -0.3 is 4.90 Å². The van der Waals surface area contributed by atoms with Gasteiger partial charge in [0.1, 0.15) is 0 Å². The number of benzene rings is 1. The van der Waals surface area contributed by atoms with E-state index in [1.807, 2.05) is 11.8 Å². The van der Waals surface area contributed by atoms with Crippen molar-refractivity contribution in [3.63, 3.8) is 0 Å². The van der Waals surface area contributed by atoms with Crippen LogP contribution in [0.4, 0.5) is 0 Å². The number of nitrogens with zero attached hydrogens (tertiary/aromatic N) is 1. The summed E-state index contributed by atoms with van der Waals surface area (Å²) in [7, 11) is 0. The first-order chi connectivity index (χ1) is 8.16. The van der Waals surface area contributed by atoms with Crippen LogP contribution in [0.2, 0.25) is 0 Å². The smallest absolute Gasteiger partial charge is 0.235 e. The Kier molecular flexibility index (Phi) is 4.11. The zero-order valence-corrected chi connectivity index (χ0v) is 11.3. The third kappa shape index (κ3) is 3.25. The van der Waals surface area contributed by atoms with Crippen molar-refractivity contribution in [3.05, 3.63) is 29.8 Å². The molecule has 0 aliphatic carbocycles. The molecule has 1 aromatic carbocycles. The molecule has 1 atom stereocenters. The van der Waals surface area contributed by atoms with Crippen LogP contribution in [0.15, 0.2) is 29.2 Å². The molecule has 1 aliphatic rings. The van der Waals surface area contributed by atoms with Gasteiger partial charge in [0.25, 0.3) is 0 Å². The standard InChI is InChI=1S/C14H19NOS/c1-11-5-7-13(8-6-11)17-12(2)14(16)15-9-3-4-10-15/h5-8,12H,3-4,9-10H2,1-2H3/t12-/m1/s1. The summed E-state index contributed by atoms with van der Waals surface area (Å²) in [5.41, 5.74) is 1.26. The maximum absolute atomic E-state index is 12.1. The summed E-state index contributed by atoms with van der Waals surface area (Å²) in [6.45, 7) is 5.97. The molecule has 2 nitrogen and oxygen atoms in total. The lowest BCUT2D eigenvalue weighted by molar-refractivity contribution is -0.129. The second-order valence-corrected chi connectivity index (χ2v) is 6.02. The van der Waals surface area contributed by atoms with Crippen molar-refractivity contribution in [3.8, 4) is 0 Å². The Morgan fingerprint density at radius 1 is 1.24 bits per heavy atom. The highest BCUT2D eigenvalue weighted by Crippen LogP contribution is 2.25. The molecule has 0 saturated carbocycles. The number of thioether (sulfide) groups is 1. The SMILES string of the molecule is Cc1ccc(S[C@H](C)C(=O)N2CCCC2)cc1. The summed E-state index contributed by atoms with van der Waals surface area (Å²) in [5, 5.41) is 0.0239. The van der Waals surface area contributed by atoms with E-state index >= 15 is 0 Å². The topological polar surface area (TPSA) is 20.3 Å². The fourth-order valence-corrected chi connectivity index (χ4v) is 3.02. The second kappa shape index (κ2) is 5.58. The van der Waals surface area contributed by atoms with E-state index in [9.17, 15) is 4.79 Å². The van der Waals surface area contributed by atoms with Crippen LogP contribution in [0, 0.1) is 6.92 Å². The number of aryl methyl sites for hydroxylation is 1. The minimum absolute atomic E-state index is 0.0239. The van der Waals surface area contributed by atoms with E-state index in [0.717, 1.165) is 25.9 Å². The van der Waals surface area contributed by atoms with E-state index in [4.69, 9.17) is 0 Å². The van der Waals surface area contributed by atoms with Crippen LogP contribution < -0.4 is 0 Å². The molecular weight excluding hydrogens is 230 g/mol. The van der Waals surface area contributed by atoms with Gasteiger partial charge in [-0.25, -0.2) is 0 Å². The van der Waals surface area contributed by atoms with Gasteiger partial charge in [-0.1, -0.05) is 17.7 Å². The summed E-state index contributed by atoms with van der Waals surface area (Å²) < 4.78 is 0. The second-order valence-electron chi connectivity index (χ2n) is 4.61. The number of hydrogen-bond acceptors (Lipinski definition) is 2. The van der Waals surface area contributed by atoms with E-state index in [1.165, 1.54) is 10.5 Å². The lowest BCUT2D eigenvalue weighted by Gasteiger charge is -2.19. The number of carbonyl (C=O) groups is 1. The van der Waals surface area contributed by atoms with E-state index in [-0.39, 0.29) is 11.2 Å². The van der Waals surface area contributed by atoms with Crippen LogP contribution in [0.5, 0.6) is 0 Å². The van der Waals surface area contributed by atoms with Gasteiger partial charge >= 0.3 is 0 Å². The molecule has 17 heavy (non-hydrogen) atoms. The molecule has 1 fully saturated rings. The third-order valence-corrected chi connectivity index (χ3v) is 4.20. The number of hydrogen-bond donors (Lipinski definition) is 0. The van der Waals surface area contributed by atoms with Crippen LogP contribution >= 0.6 is 11.8 Å². The van der Waals surface area contributed by atoms with Gasteiger partial charge in [-0.2, -0.15) is 0 Å². The molecule has 1 aliphatic heterocycles. The van der Waals surface area contributed by atoms with Crippen molar-refractivity contribution >= 4 is 17.7 Å². The Labute approximate surface area is 107 Å². The Morgan fingerprint density at radius 3 is 2.41 bits per heavy atom. The van der Waals surface area contributed by atoms with E-state index in [1.54, 1.807) is 11.8 Å². The van der Waals surface area contributed by atoms with Crippen LogP contribution in [-0.4, -0.2) is 29.1 Å². The highest BCUT2D eigenvalue weighted by molar-refractivity contribution is 8.00. The molecule has 3 heteroatoms. The van der Waals surface area contributed by atoms with Crippen molar-refractivity contribution in [2.75, 3.05) is 13.1 Å². The summed E-state index contributed by atoms with van der Waals surface area (Å²) in [4.78, 5) is 15.3. The van der Waals surface area contributed by atoms with Crippen LogP contribution in [0.3, 0.4) is 0 Å². The molecule has 0 N–H and O–H groups in total. The first-order valence-electron chi connectivity index (χ1n) is 6.19. The van der Waals surface area contributed by atoms with Gasteiger partial charge in [0, 0.05) is 18.0 Å². The van der Waals surface area contributed by atoms with Crippen molar-refractivity contribution in [1.29, 1.82) is 0 Å². The Balaban J connectivity index is 1.93. The summed E-state index contributed by atoms with van der Waals surface area (Å²) in [6, 6.07) is 8.37. The normalized spacial score (nSPS) is 17.2. The number of likely N-dealkylation sites (tertiary alicyclic amines) is 1. The first kappa shape index (κ1) is 12.5. The van der Waals surface area contributed by atoms with Crippen LogP contribution in [0.1, 0.15) is 25.3 Å². The maximum atomic E-state index is 12.1. The zero-order valence-electron chi connectivity index (χ0n) is 10.5. The minimum Gasteiger partial charge on any atom is -0.342 e. The molecule has 0 unspecified atom stereocenters. The molecule has 1 amide bonds. The van der Waals surface area contributed by atoms with Crippen LogP contribution in [0.25, 0.3) is 0 Å². The molecular formula is C14H19NOS. The van der Waals surface area contributed by atoms with Gasteiger partial charge in [-0.3, -0.25) is 4.79 Å². The molecule has 0 radical (unpaired) electrons. The van der Waals surface area contributed by atoms with Gasteiger partial charge in [0.2, 0.25) is 5.91 Å². The van der Waals surface area contributed by atoms with Gasteiger partial charge in [-0.15, -0.1) is 11.8 Å². The number of carbonyl (C=O) groups excluding carboxylic acids is 1. The number of amides is 1. The lowest BCUT2D eigenvalue weighted by atomic mass is 10.2. The Hall–Kier alpha value is -0.960. The highest BCUT2D eigenvalue weighted by atomic mass is 32.2. The fourth-order valence-electron chi connectivity index (χ4n) is 2.07. The van der Waals surface area contributed by atoms with E-state index < -0.39 is 0 Å². The van der Waals surface area contributed by atoms with Crippen molar-refractivity contribution in [2.24, 2.45) is 0 Å². The molecule has 1 heterocycles. The summed E-state index contributed by atoms with van der Waals surface area (Å²) in [6.07, 6.45) is 2.32. The molecule has 92 valence electrons. The Bertz CT molecular complexity index is 382.